The molecule has 0 aliphatic rings. The molecule has 0 amide bonds. The lowest BCUT2D eigenvalue weighted by Gasteiger charge is -2.17. The minimum Gasteiger partial charge on any atom is -0.469 e. The van der Waals surface area contributed by atoms with E-state index in [2.05, 4.69) is 15.6 Å². The van der Waals surface area contributed by atoms with Crippen molar-refractivity contribution in [2.45, 2.75) is 38.9 Å². The van der Waals surface area contributed by atoms with E-state index in [1.807, 2.05) is 39.8 Å². The van der Waals surface area contributed by atoms with Gasteiger partial charge >= 0.3 is 0 Å². The van der Waals surface area contributed by atoms with Gasteiger partial charge in [0.15, 0.2) is 5.96 Å². The minimum atomic E-state index is -0.865. The Morgan fingerprint density at radius 2 is 2.14 bits per heavy atom. The van der Waals surface area contributed by atoms with E-state index in [4.69, 9.17) is 4.42 Å². The Bertz CT molecular complexity index is 450. The molecular formula is C15H27N3O2S. The van der Waals surface area contributed by atoms with Crippen molar-refractivity contribution in [3.05, 3.63) is 24.2 Å². The summed E-state index contributed by atoms with van der Waals surface area (Å²) in [5, 5.41) is 6.44. The molecule has 1 atom stereocenters. The van der Waals surface area contributed by atoms with Crippen LogP contribution in [0.25, 0.3) is 0 Å². The van der Waals surface area contributed by atoms with Crippen LogP contribution in [-0.4, -0.2) is 40.3 Å². The first kappa shape index (κ1) is 17.8. The van der Waals surface area contributed by atoms with Gasteiger partial charge in [0.1, 0.15) is 5.76 Å². The van der Waals surface area contributed by atoms with Gasteiger partial charge in [0.25, 0.3) is 0 Å². The standard InChI is InChI=1S/C15H27N3O2S/c1-5-16-14(17-9-8-13-7-6-11-20-13)18-10-12-21(19)15(2,3)4/h6-7,11H,5,8-10,12H2,1-4H3,(H2,16,17,18). The maximum Gasteiger partial charge on any atom is 0.191 e. The van der Waals surface area contributed by atoms with Gasteiger partial charge in [0.05, 0.1) is 12.8 Å². The highest BCUT2D eigenvalue weighted by Gasteiger charge is 2.18. The number of nitrogens with zero attached hydrogens (tertiary/aromatic N) is 1. The van der Waals surface area contributed by atoms with E-state index in [0.29, 0.717) is 12.3 Å². The van der Waals surface area contributed by atoms with Gasteiger partial charge in [0, 0.05) is 40.8 Å². The summed E-state index contributed by atoms with van der Waals surface area (Å²) in [5.41, 5.74) is 0. The van der Waals surface area contributed by atoms with Crippen LogP contribution in [0.15, 0.2) is 27.8 Å². The first-order chi connectivity index (χ1) is 9.93. The van der Waals surface area contributed by atoms with Crippen LogP contribution < -0.4 is 10.6 Å². The van der Waals surface area contributed by atoms with Crippen LogP contribution in [0.4, 0.5) is 0 Å². The topological polar surface area (TPSA) is 66.6 Å². The summed E-state index contributed by atoms with van der Waals surface area (Å²) in [4.78, 5) is 4.46. The maximum absolute atomic E-state index is 12.0. The van der Waals surface area contributed by atoms with E-state index < -0.39 is 10.8 Å². The third kappa shape index (κ3) is 7.32. The zero-order valence-corrected chi connectivity index (χ0v) is 14.3. The molecule has 0 radical (unpaired) electrons. The number of nitrogens with one attached hydrogen (secondary N) is 2. The second-order valence-electron chi connectivity index (χ2n) is 5.68. The molecule has 0 aromatic carbocycles. The summed E-state index contributed by atoms with van der Waals surface area (Å²) in [5.74, 6) is 2.29. The average Bonchev–Trinajstić information content (AvgIpc) is 2.90. The Morgan fingerprint density at radius 3 is 2.71 bits per heavy atom. The van der Waals surface area contributed by atoms with Gasteiger partial charge < -0.3 is 15.1 Å². The van der Waals surface area contributed by atoms with Crippen LogP contribution in [0.2, 0.25) is 0 Å². The lowest BCUT2D eigenvalue weighted by molar-refractivity contribution is 0.507. The second kappa shape index (κ2) is 8.87. The van der Waals surface area contributed by atoms with Crippen molar-refractivity contribution in [2.24, 2.45) is 4.99 Å². The molecular weight excluding hydrogens is 286 g/mol. The smallest absolute Gasteiger partial charge is 0.191 e. The van der Waals surface area contributed by atoms with Crippen molar-refractivity contribution in [3.8, 4) is 0 Å². The van der Waals surface area contributed by atoms with Gasteiger partial charge in [-0.15, -0.1) is 0 Å². The lowest BCUT2D eigenvalue weighted by Crippen LogP contribution is -2.38. The molecule has 120 valence electrons. The number of hydrogen-bond donors (Lipinski definition) is 2. The molecule has 21 heavy (non-hydrogen) atoms. The summed E-state index contributed by atoms with van der Waals surface area (Å²) < 4.78 is 17.1. The van der Waals surface area contributed by atoms with Crippen molar-refractivity contribution < 1.29 is 8.63 Å². The minimum absolute atomic E-state index is 0.180. The molecule has 1 aromatic rings. The first-order valence-corrected chi connectivity index (χ1v) is 8.68. The zero-order chi connectivity index (χ0) is 15.7. The molecule has 1 rings (SSSR count). The van der Waals surface area contributed by atoms with E-state index in [9.17, 15) is 4.21 Å². The summed E-state index contributed by atoms with van der Waals surface area (Å²) in [6, 6.07) is 3.84. The van der Waals surface area contributed by atoms with Crippen molar-refractivity contribution in [1.29, 1.82) is 0 Å². The molecule has 2 N–H and O–H groups in total. The molecule has 0 bridgehead atoms. The molecule has 6 heteroatoms. The van der Waals surface area contributed by atoms with Gasteiger partial charge in [-0.1, -0.05) is 0 Å². The maximum atomic E-state index is 12.0. The zero-order valence-electron chi connectivity index (χ0n) is 13.4. The Kier molecular flexibility index (Phi) is 7.50. The summed E-state index contributed by atoms with van der Waals surface area (Å²) in [7, 11) is -0.865. The van der Waals surface area contributed by atoms with Gasteiger partial charge in [-0.25, -0.2) is 0 Å². The molecule has 0 fully saturated rings. The molecule has 0 spiro atoms. The van der Waals surface area contributed by atoms with Crippen molar-refractivity contribution in [3.63, 3.8) is 0 Å². The highest BCUT2D eigenvalue weighted by molar-refractivity contribution is 7.86. The van der Waals surface area contributed by atoms with Gasteiger partial charge in [0.2, 0.25) is 0 Å². The van der Waals surface area contributed by atoms with Crippen LogP contribution in [-0.2, 0) is 17.2 Å². The first-order valence-electron chi connectivity index (χ1n) is 7.36. The van der Waals surface area contributed by atoms with Crippen LogP contribution >= 0.6 is 0 Å². The van der Waals surface area contributed by atoms with E-state index in [-0.39, 0.29) is 4.75 Å². The highest BCUT2D eigenvalue weighted by Crippen LogP contribution is 2.10. The van der Waals surface area contributed by atoms with Gasteiger partial charge in [-0.3, -0.25) is 9.20 Å². The quantitative estimate of drug-likeness (QED) is 0.596. The van der Waals surface area contributed by atoms with Crippen LogP contribution in [0.3, 0.4) is 0 Å². The Balaban J connectivity index is 2.37. The van der Waals surface area contributed by atoms with Crippen molar-refractivity contribution in [1.82, 2.24) is 10.6 Å². The fourth-order valence-corrected chi connectivity index (χ4v) is 2.52. The number of furan rings is 1. The monoisotopic (exact) mass is 313 g/mol. The molecule has 0 saturated carbocycles. The molecule has 1 heterocycles. The van der Waals surface area contributed by atoms with Crippen LogP contribution in [0.1, 0.15) is 33.5 Å². The normalized spacial score (nSPS) is 14.0. The SMILES string of the molecule is CCNC(=NCCS(=O)C(C)(C)C)NCCc1ccco1. The number of hydrogen-bond acceptors (Lipinski definition) is 3. The largest absolute Gasteiger partial charge is 0.469 e. The van der Waals surface area contributed by atoms with E-state index >= 15 is 0 Å². The predicted molar refractivity (Wildman–Crippen MR) is 89.2 cm³/mol. The summed E-state index contributed by atoms with van der Waals surface area (Å²) >= 11 is 0. The van der Waals surface area contributed by atoms with E-state index in [1.54, 1.807) is 6.26 Å². The Labute approximate surface area is 130 Å². The summed E-state index contributed by atoms with van der Waals surface area (Å²) in [6.45, 7) is 10.1. The fourth-order valence-electron chi connectivity index (χ4n) is 1.65. The Morgan fingerprint density at radius 1 is 1.38 bits per heavy atom. The second-order valence-corrected chi connectivity index (χ2v) is 8.00. The van der Waals surface area contributed by atoms with E-state index in [1.165, 1.54) is 0 Å². The third-order valence-electron chi connectivity index (χ3n) is 2.82. The van der Waals surface area contributed by atoms with Crippen molar-refractivity contribution in [2.75, 3.05) is 25.4 Å². The molecule has 5 nitrogen and oxygen atoms in total. The van der Waals surface area contributed by atoms with Crippen LogP contribution in [0.5, 0.6) is 0 Å². The molecule has 0 saturated heterocycles. The average molecular weight is 313 g/mol. The molecule has 1 unspecified atom stereocenters. The Hall–Kier alpha value is -1.30. The highest BCUT2D eigenvalue weighted by atomic mass is 32.2. The van der Waals surface area contributed by atoms with Gasteiger partial charge in [-0.2, -0.15) is 0 Å². The predicted octanol–water partition coefficient (Wildman–Crippen LogP) is 1.92. The lowest BCUT2D eigenvalue weighted by atomic mass is 10.3. The number of aliphatic imine (C=N–C) groups is 1. The van der Waals surface area contributed by atoms with Crippen molar-refractivity contribution >= 4 is 16.8 Å². The fraction of sp³-hybridized carbons (Fsp3) is 0.667. The number of guanidine groups is 1. The van der Waals surface area contributed by atoms with Gasteiger partial charge in [-0.05, 0) is 39.8 Å². The molecule has 0 aliphatic heterocycles. The molecule has 1 aromatic heterocycles. The third-order valence-corrected chi connectivity index (χ3v) is 4.74. The van der Waals surface area contributed by atoms with Crippen LogP contribution in [0, 0.1) is 0 Å². The number of rotatable bonds is 7. The van der Waals surface area contributed by atoms with E-state index in [0.717, 1.165) is 31.2 Å². The molecule has 0 aliphatic carbocycles. The summed E-state index contributed by atoms with van der Waals surface area (Å²) in [6.07, 6.45) is 2.49.